The van der Waals surface area contributed by atoms with Gasteiger partial charge in [-0.25, -0.2) is 0 Å². The number of hydrogen-bond acceptors (Lipinski definition) is 10. The molecule has 4 heterocycles. The van der Waals surface area contributed by atoms with Crippen molar-refractivity contribution in [2.75, 3.05) is 28.3 Å². The van der Waals surface area contributed by atoms with Crippen LogP contribution in [0.4, 0.5) is 0 Å². The van der Waals surface area contributed by atoms with Crippen LogP contribution in [-0.2, 0) is 41.7 Å². The number of carbonyl (C=O) groups is 4. The van der Waals surface area contributed by atoms with Crippen molar-refractivity contribution in [2.45, 2.75) is 128 Å². The normalized spacial score (nSPS) is 30.3. The standard InChI is InChI=1S/C40H54N2O10/c1-25(43)49-35-13-7-27(17-37(35)47-5)23-41(3)29-9-10-30(41)20-33(19-29)51-39(45)15-16-40(46)52-34-21-31-11-12-32(22-34)42(31,4)24-28-8-14-36(50-26(2)44)38(18-28)48-6/h7-8,13-14,17-18,29-34H,9-12,15-16,19-24H2,1-6H3/q+2. The molecule has 282 valence electrons. The molecule has 0 aromatic heterocycles. The highest BCUT2D eigenvalue weighted by molar-refractivity contribution is 5.78. The lowest BCUT2D eigenvalue weighted by Gasteiger charge is -2.47. The lowest BCUT2D eigenvalue weighted by atomic mass is 9.95. The van der Waals surface area contributed by atoms with Crippen molar-refractivity contribution in [3.8, 4) is 23.0 Å². The third-order valence-corrected chi connectivity index (χ3v) is 12.3. The zero-order valence-electron chi connectivity index (χ0n) is 31.4. The Kier molecular flexibility index (Phi) is 11.2. The smallest absolute Gasteiger partial charge is 0.308 e. The number of quaternary nitrogens is 2. The SMILES string of the molecule is COc1cc(C[N+]2(C)C3CCC2CC(OC(=O)CCC(=O)OC2CC4CCC(C2)[N+]4(C)Cc2ccc(OC(C)=O)c(OC)c2)C3)ccc1OC(C)=O. The van der Waals surface area contributed by atoms with Crippen molar-refractivity contribution in [3.63, 3.8) is 0 Å². The second kappa shape index (κ2) is 15.4. The molecule has 12 heteroatoms. The minimum Gasteiger partial charge on any atom is -0.493 e. The first-order valence-electron chi connectivity index (χ1n) is 18.6. The minimum atomic E-state index is -0.392. The summed E-state index contributed by atoms with van der Waals surface area (Å²) in [7, 11) is 7.70. The molecule has 2 aromatic carbocycles. The second-order valence-corrected chi connectivity index (χ2v) is 15.6. The van der Waals surface area contributed by atoms with Crippen molar-refractivity contribution in [1.29, 1.82) is 0 Å². The molecular formula is C40H54N2O10+2. The summed E-state index contributed by atoms with van der Waals surface area (Å²) in [5.74, 6) is 0.416. The van der Waals surface area contributed by atoms with E-state index in [1.807, 2.05) is 24.3 Å². The Hall–Kier alpha value is -4.16. The molecule has 4 atom stereocenters. The third-order valence-electron chi connectivity index (χ3n) is 12.3. The summed E-state index contributed by atoms with van der Waals surface area (Å²) >= 11 is 0. The van der Waals surface area contributed by atoms with E-state index in [2.05, 4.69) is 14.1 Å². The number of carbonyl (C=O) groups excluding carboxylic acids is 4. The molecule has 4 fully saturated rings. The van der Waals surface area contributed by atoms with Gasteiger partial charge in [0, 0.05) is 76.3 Å². The number of piperidine rings is 2. The quantitative estimate of drug-likeness (QED) is 0.151. The molecule has 12 nitrogen and oxygen atoms in total. The van der Waals surface area contributed by atoms with Gasteiger partial charge >= 0.3 is 23.9 Å². The van der Waals surface area contributed by atoms with Crippen LogP contribution in [0.2, 0.25) is 0 Å². The van der Waals surface area contributed by atoms with Crippen molar-refractivity contribution in [1.82, 2.24) is 0 Å². The van der Waals surface area contributed by atoms with Gasteiger partial charge in [-0.1, -0.05) is 0 Å². The topological polar surface area (TPSA) is 124 Å². The fourth-order valence-corrected chi connectivity index (χ4v) is 9.67. The van der Waals surface area contributed by atoms with Gasteiger partial charge in [0.1, 0.15) is 25.3 Å². The molecule has 0 radical (unpaired) electrons. The minimum absolute atomic E-state index is 0.0177. The average Bonchev–Trinajstić information content (AvgIpc) is 3.32. The number of nitrogens with zero attached hydrogens (tertiary/aromatic N) is 2. The number of ether oxygens (including phenoxy) is 6. The summed E-state index contributed by atoms with van der Waals surface area (Å²) in [6.45, 7) is 4.35. The van der Waals surface area contributed by atoms with E-state index in [4.69, 9.17) is 28.4 Å². The number of fused-ring (bicyclic) bond motifs is 4. The number of benzene rings is 2. The van der Waals surface area contributed by atoms with Gasteiger partial charge in [-0.3, -0.25) is 19.2 Å². The van der Waals surface area contributed by atoms with Gasteiger partial charge < -0.3 is 37.4 Å². The lowest BCUT2D eigenvalue weighted by Crippen LogP contribution is -2.58. The number of hydrogen-bond donors (Lipinski definition) is 0. The Morgan fingerprint density at radius 1 is 0.577 bits per heavy atom. The molecule has 2 aromatic rings. The van der Waals surface area contributed by atoms with Gasteiger partial charge in [0.25, 0.3) is 0 Å². The third kappa shape index (κ3) is 8.07. The molecule has 6 rings (SSSR count). The molecule has 0 aliphatic carbocycles. The Morgan fingerprint density at radius 3 is 1.23 bits per heavy atom. The predicted molar refractivity (Wildman–Crippen MR) is 189 cm³/mol. The van der Waals surface area contributed by atoms with E-state index in [1.54, 1.807) is 26.4 Å². The molecular weight excluding hydrogens is 668 g/mol. The Labute approximate surface area is 306 Å². The summed E-state index contributed by atoms with van der Waals surface area (Å²) in [6.07, 6.45) is 7.16. The van der Waals surface area contributed by atoms with Crippen LogP contribution in [0.5, 0.6) is 23.0 Å². The molecule has 4 aliphatic heterocycles. The Bertz CT molecular complexity index is 1530. The molecule has 4 aliphatic rings. The highest BCUT2D eigenvalue weighted by atomic mass is 16.6. The number of methoxy groups -OCH3 is 2. The molecule has 0 saturated carbocycles. The van der Waals surface area contributed by atoms with E-state index < -0.39 is 11.9 Å². The number of esters is 4. The Balaban J connectivity index is 0.957. The highest BCUT2D eigenvalue weighted by Crippen LogP contribution is 2.46. The van der Waals surface area contributed by atoms with E-state index in [1.165, 1.54) is 13.8 Å². The fraction of sp³-hybridized carbons (Fsp3) is 0.600. The highest BCUT2D eigenvalue weighted by Gasteiger charge is 2.53. The van der Waals surface area contributed by atoms with Gasteiger partial charge in [0.05, 0.1) is 65.3 Å². The first kappa shape index (κ1) is 37.6. The lowest BCUT2D eigenvalue weighted by molar-refractivity contribution is -0.961. The van der Waals surface area contributed by atoms with E-state index in [-0.39, 0.29) is 37.0 Å². The second-order valence-electron chi connectivity index (χ2n) is 15.6. The molecule has 4 saturated heterocycles. The maximum absolute atomic E-state index is 12.9. The van der Waals surface area contributed by atoms with Crippen LogP contribution in [0.15, 0.2) is 36.4 Å². The van der Waals surface area contributed by atoms with Crippen LogP contribution in [-0.4, -0.2) is 97.5 Å². The van der Waals surface area contributed by atoms with E-state index in [0.717, 1.165) is 84.5 Å². The zero-order chi connectivity index (χ0) is 37.2. The monoisotopic (exact) mass is 722 g/mol. The Morgan fingerprint density at radius 2 is 0.923 bits per heavy atom. The fourth-order valence-electron chi connectivity index (χ4n) is 9.67. The molecule has 0 spiro atoms. The van der Waals surface area contributed by atoms with Gasteiger partial charge in [0.2, 0.25) is 0 Å². The molecule has 4 bridgehead atoms. The van der Waals surface area contributed by atoms with Crippen LogP contribution in [0.25, 0.3) is 0 Å². The number of rotatable bonds is 13. The van der Waals surface area contributed by atoms with Crippen molar-refractivity contribution < 1.29 is 56.6 Å². The van der Waals surface area contributed by atoms with Gasteiger partial charge in [-0.15, -0.1) is 0 Å². The average molecular weight is 723 g/mol. The summed E-state index contributed by atoms with van der Waals surface area (Å²) < 4.78 is 35.2. The first-order chi connectivity index (χ1) is 24.8. The van der Waals surface area contributed by atoms with Crippen LogP contribution < -0.4 is 18.9 Å². The molecule has 0 N–H and O–H groups in total. The maximum atomic E-state index is 12.9. The van der Waals surface area contributed by atoms with Gasteiger partial charge in [-0.05, 0) is 36.4 Å². The van der Waals surface area contributed by atoms with Crippen molar-refractivity contribution >= 4 is 23.9 Å². The van der Waals surface area contributed by atoms with E-state index in [9.17, 15) is 19.2 Å². The van der Waals surface area contributed by atoms with E-state index >= 15 is 0 Å². The maximum Gasteiger partial charge on any atom is 0.308 e. The van der Waals surface area contributed by atoms with Crippen molar-refractivity contribution in [2.24, 2.45) is 0 Å². The first-order valence-corrected chi connectivity index (χ1v) is 18.6. The van der Waals surface area contributed by atoms with Gasteiger partial charge in [0.15, 0.2) is 23.0 Å². The van der Waals surface area contributed by atoms with Crippen LogP contribution >= 0.6 is 0 Å². The largest absolute Gasteiger partial charge is 0.493 e. The van der Waals surface area contributed by atoms with E-state index in [0.29, 0.717) is 47.2 Å². The molecule has 0 amide bonds. The summed E-state index contributed by atoms with van der Waals surface area (Å²) in [5.41, 5.74) is 2.20. The zero-order valence-corrected chi connectivity index (χ0v) is 31.4. The van der Waals surface area contributed by atoms with Crippen LogP contribution in [0, 0.1) is 0 Å². The van der Waals surface area contributed by atoms with Gasteiger partial charge in [-0.2, -0.15) is 0 Å². The van der Waals surface area contributed by atoms with Crippen molar-refractivity contribution in [3.05, 3.63) is 47.5 Å². The predicted octanol–water partition coefficient (Wildman–Crippen LogP) is 5.40. The molecule has 4 unspecified atom stereocenters. The summed E-state index contributed by atoms with van der Waals surface area (Å²) in [5, 5.41) is 0. The molecule has 52 heavy (non-hydrogen) atoms. The summed E-state index contributed by atoms with van der Waals surface area (Å²) in [6, 6.07) is 12.8. The summed E-state index contributed by atoms with van der Waals surface area (Å²) in [4.78, 5) is 48.8. The van der Waals surface area contributed by atoms with Crippen LogP contribution in [0.1, 0.15) is 89.2 Å². The van der Waals surface area contributed by atoms with Crippen LogP contribution in [0.3, 0.4) is 0 Å².